The van der Waals surface area contributed by atoms with Gasteiger partial charge < -0.3 is 14.6 Å². The third-order valence-electron chi connectivity index (χ3n) is 3.27. The van der Waals surface area contributed by atoms with Gasteiger partial charge in [-0.3, -0.25) is 9.59 Å². The molecule has 0 atom stereocenters. The molecular weight excluding hydrogens is 373 g/mol. The first-order chi connectivity index (χ1) is 12.1. The van der Waals surface area contributed by atoms with Gasteiger partial charge in [0.2, 0.25) is 5.91 Å². The number of ether oxygens (including phenoxy) is 1. The van der Waals surface area contributed by atoms with Gasteiger partial charge >= 0.3 is 12.1 Å². The molecule has 0 aliphatic carbocycles. The Morgan fingerprint density at radius 3 is 2.62 bits per heavy atom. The first kappa shape index (κ1) is 19.7. The number of alkyl halides is 3. The van der Waals surface area contributed by atoms with E-state index >= 15 is 0 Å². The summed E-state index contributed by atoms with van der Waals surface area (Å²) in [7, 11) is 0. The average Bonchev–Trinajstić information content (AvgIpc) is 2.89. The predicted molar refractivity (Wildman–Crippen MR) is 89.3 cm³/mol. The van der Waals surface area contributed by atoms with Crippen molar-refractivity contribution in [3.63, 3.8) is 0 Å². The average molecular weight is 388 g/mol. The monoisotopic (exact) mass is 388 g/mol. The number of halogens is 3. The highest BCUT2D eigenvalue weighted by Gasteiger charge is 2.31. The summed E-state index contributed by atoms with van der Waals surface area (Å²) in [6.07, 6.45) is -4.03. The zero-order chi connectivity index (χ0) is 19.5. The number of amides is 1. The number of nitrogens with one attached hydrogen (secondary N) is 1. The molecule has 0 fully saturated rings. The molecular formula is C16H15F3N2O4S. The molecule has 2 aromatic rings. The van der Waals surface area contributed by atoms with Crippen molar-refractivity contribution in [1.82, 2.24) is 4.57 Å². The van der Waals surface area contributed by atoms with Gasteiger partial charge in [-0.2, -0.15) is 13.2 Å². The van der Waals surface area contributed by atoms with E-state index in [1.807, 2.05) is 0 Å². The van der Waals surface area contributed by atoms with E-state index < -0.39 is 35.7 Å². The Labute approximate surface area is 150 Å². The van der Waals surface area contributed by atoms with Gasteiger partial charge in [-0.05, 0) is 31.5 Å². The van der Waals surface area contributed by atoms with Crippen LogP contribution in [0, 0.1) is 6.92 Å². The fourth-order valence-corrected chi connectivity index (χ4v) is 3.08. The quantitative estimate of drug-likeness (QED) is 0.799. The number of hydrogen-bond donors (Lipinski definition) is 1. The number of hydrogen-bond acceptors (Lipinski definition) is 5. The molecule has 0 unspecified atom stereocenters. The minimum Gasteiger partial charge on any atom is -0.462 e. The summed E-state index contributed by atoms with van der Waals surface area (Å²) >= 11 is 0.984. The van der Waals surface area contributed by atoms with Crippen molar-refractivity contribution in [1.29, 1.82) is 0 Å². The standard InChI is InChI=1S/C16H15F3N2O4S/c1-3-25-15(24)14-9(2)6-12(26-14)20-11(22)8-21-7-10(16(17,18)19)4-5-13(21)23/h4-7H,3,8H2,1-2H3,(H,20,22). The molecule has 140 valence electrons. The largest absolute Gasteiger partial charge is 0.462 e. The summed E-state index contributed by atoms with van der Waals surface area (Å²) in [5.41, 5.74) is -1.16. The van der Waals surface area contributed by atoms with Gasteiger partial charge in [0.15, 0.2) is 0 Å². The summed E-state index contributed by atoms with van der Waals surface area (Å²) in [5.74, 6) is -1.22. The van der Waals surface area contributed by atoms with Crippen LogP contribution in [-0.4, -0.2) is 23.1 Å². The minimum absolute atomic E-state index is 0.205. The van der Waals surface area contributed by atoms with Crippen molar-refractivity contribution in [2.75, 3.05) is 11.9 Å². The van der Waals surface area contributed by atoms with Gasteiger partial charge in [0.1, 0.15) is 11.4 Å². The molecule has 0 aliphatic heterocycles. The van der Waals surface area contributed by atoms with Crippen molar-refractivity contribution >= 4 is 28.2 Å². The van der Waals surface area contributed by atoms with E-state index in [-0.39, 0.29) is 6.61 Å². The van der Waals surface area contributed by atoms with Crippen LogP contribution in [0.3, 0.4) is 0 Å². The highest BCUT2D eigenvalue weighted by atomic mass is 32.1. The molecule has 0 aromatic carbocycles. The second-order valence-corrected chi connectivity index (χ2v) is 6.33. The van der Waals surface area contributed by atoms with Gasteiger partial charge in [-0.15, -0.1) is 11.3 Å². The fraction of sp³-hybridized carbons (Fsp3) is 0.312. The summed E-state index contributed by atoms with van der Waals surface area (Å²) in [5, 5.41) is 2.79. The molecule has 1 amide bonds. The number of esters is 1. The third kappa shape index (κ3) is 4.72. The summed E-state index contributed by atoms with van der Waals surface area (Å²) in [4.78, 5) is 35.8. The Bertz CT molecular complexity index is 886. The molecule has 0 bridgehead atoms. The molecule has 2 aromatic heterocycles. The minimum atomic E-state index is -4.62. The van der Waals surface area contributed by atoms with E-state index in [0.29, 0.717) is 32.3 Å². The van der Waals surface area contributed by atoms with Crippen LogP contribution >= 0.6 is 11.3 Å². The molecule has 10 heteroatoms. The molecule has 0 aliphatic rings. The van der Waals surface area contributed by atoms with E-state index in [1.54, 1.807) is 19.9 Å². The Hall–Kier alpha value is -2.62. The molecule has 6 nitrogen and oxygen atoms in total. The number of thiophene rings is 1. The highest BCUT2D eigenvalue weighted by molar-refractivity contribution is 7.18. The van der Waals surface area contributed by atoms with Gasteiger partial charge in [0, 0.05) is 12.3 Å². The van der Waals surface area contributed by atoms with E-state index in [2.05, 4.69) is 5.32 Å². The number of pyridine rings is 1. The Morgan fingerprint density at radius 2 is 2.00 bits per heavy atom. The van der Waals surface area contributed by atoms with Crippen LogP contribution in [0.1, 0.15) is 27.7 Å². The van der Waals surface area contributed by atoms with Crippen molar-refractivity contribution < 1.29 is 27.5 Å². The Morgan fingerprint density at radius 1 is 1.31 bits per heavy atom. The van der Waals surface area contributed by atoms with Crippen molar-refractivity contribution in [2.24, 2.45) is 0 Å². The summed E-state index contributed by atoms with van der Waals surface area (Å²) in [6, 6.07) is 2.96. The number of rotatable bonds is 5. The van der Waals surface area contributed by atoms with Crippen molar-refractivity contribution in [3.05, 3.63) is 50.8 Å². The number of carbonyl (C=O) groups is 2. The summed E-state index contributed by atoms with van der Waals surface area (Å²) in [6.45, 7) is 2.94. The maximum atomic E-state index is 12.7. The topological polar surface area (TPSA) is 77.4 Å². The normalized spacial score (nSPS) is 11.3. The molecule has 26 heavy (non-hydrogen) atoms. The molecule has 0 spiro atoms. The van der Waals surface area contributed by atoms with Crippen LogP contribution in [0.5, 0.6) is 0 Å². The number of aromatic nitrogens is 1. The number of nitrogens with zero attached hydrogens (tertiary/aromatic N) is 1. The van der Waals surface area contributed by atoms with Gasteiger partial charge in [-0.1, -0.05) is 0 Å². The zero-order valence-corrected chi connectivity index (χ0v) is 14.7. The lowest BCUT2D eigenvalue weighted by molar-refractivity contribution is -0.138. The van der Waals surface area contributed by atoms with E-state index in [9.17, 15) is 27.6 Å². The fourth-order valence-electron chi connectivity index (χ4n) is 2.10. The predicted octanol–water partition coefficient (Wildman–Crippen LogP) is 3.05. The highest BCUT2D eigenvalue weighted by Crippen LogP contribution is 2.29. The smallest absolute Gasteiger partial charge is 0.417 e. The van der Waals surface area contributed by atoms with E-state index in [1.165, 1.54) is 0 Å². The van der Waals surface area contributed by atoms with Crippen LogP contribution in [0.25, 0.3) is 0 Å². The van der Waals surface area contributed by atoms with Crippen LogP contribution in [0.15, 0.2) is 29.2 Å². The third-order valence-corrected chi connectivity index (χ3v) is 4.40. The second kappa shape index (κ2) is 7.73. The van der Waals surface area contributed by atoms with Gasteiger partial charge in [0.05, 0.1) is 17.2 Å². The lowest BCUT2D eigenvalue weighted by atomic mass is 10.2. The first-order valence-corrected chi connectivity index (χ1v) is 8.28. The van der Waals surface area contributed by atoms with Crippen molar-refractivity contribution in [3.8, 4) is 0 Å². The molecule has 0 radical (unpaired) electrons. The molecule has 0 saturated carbocycles. The maximum Gasteiger partial charge on any atom is 0.417 e. The first-order valence-electron chi connectivity index (χ1n) is 7.47. The number of anilines is 1. The van der Waals surface area contributed by atoms with Crippen molar-refractivity contribution in [2.45, 2.75) is 26.6 Å². The number of aryl methyl sites for hydroxylation is 1. The molecule has 2 rings (SSSR count). The van der Waals surface area contributed by atoms with Gasteiger partial charge in [-0.25, -0.2) is 4.79 Å². The van der Waals surface area contributed by atoms with E-state index in [0.717, 1.165) is 17.4 Å². The SMILES string of the molecule is CCOC(=O)c1sc(NC(=O)Cn2cc(C(F)(F)F)ccc2=O)cc1C. The van der Waals surface area contributed by atoms with Crippen LogP contribution in [0.4, 0.5) is 18.2 Å². The van der Waals surface area contributed by atoms with Crippen LogP contribution in [0.2, 0.25) is 0 Å². The molecule has 0 saturated heterocycles. The molecule has 1 N–H and O–H groups in total. The van der Waals surface area contributed by atoms with Crippen LogP contribution in [-0.2, 0) is 22.3 Å². The van der Waals surface area contributed by atoms with Crippen LogP contribution < -0.4 is 10.9 Å². The number of carbonyl (C=O) groups excluding carboxylic acids is 2. The lowest BCUT2D eigenvalue weighted by Crippen LogP contribution is -2.27. The maximum absolute atomic E-state index is 12.7. The van der Waals surface area contributed by atoms with Gasteiger partial charge in [0.25, 0.3) is 5.56 Å². The second-order valence-electron chi connectivity index (χ2n) is 5.27. The summed E-state index contributed by atoms with van der Waals surface area (Å²) < 4.78 is 43.7. The lowest BCUT2D eigenvalue weighted by Gasteiger charge is -2.10. The Balaban J connectivity index is 2.14. The Kier molecular flexibility index (Phi) is 5.86. The van der Waals surface area contributed by atoms with E-state index in [4.69, 9.17) is 4.74 Å². The zero-order valence-electron chi connectivity index (χ0n) is 13.8. The molecule has 2 heterocycles.